The van der Waals surface area contributed by atoms with Crippen LogP contribution in [0.15, 0.2) is 54.7 Å². The smallest absolute Gasteiger partial charge is 0.174 e. The Morgan fingerprint density at radius 1 is 1.13 bits per heavy atom. The zero-order chi connectivity index (χ0) is 22.0. The highest BCUT2D eigenvalue weighted by Gasteiger charge is 2.42. The second-order valence-corrected chi connectivity index (χ2v) is 8.37. The number of rotatable bonds is 7. The van der Waals surface area contributed by atoms with Crippen molar-refractivity contribution in [2.24, 2.45) is 0 Å². The van der Waals surface area contributed by atoms with Gasteiger partial charge in [0.25, 0.3) is 0 Å². The van der Waals surface area contributed by atoms with Crippen LogP contribution in [-0.2, 0) is 17.7 Å². The second-order valence-electron chi connectivity index (χ2n) is 7.99. The maximum atomic E-state index is 5.85. The van der Waals surface area contributed by atoms with Crippen molar-refractivity contribution in [3.63, 3.8) is 0 Å². The van der Waals surface area contributed by atoms with Crippen molar-refractivity contribution in [2.75, 3.05) is 18.6 Å². The van der Waals surface area contributed by atoms with Gasteiger partial charge in [-0.1, -0.05) is 25.1 Å². The molecule has 6 heteroatoms. The van der Waals surface area contributed by atoms with Gasteiger partial charge in [-0.2, -0.15) is 0 Å². The third kappa shape index (κ3) is 4.10. The number of methoxy groups -OCH3 is 1. The number of benzene rings is 1. The van der Waals surface area contributed by atoms with E-state index in [1.807, 2.05) is 18.3 Å². The highest BCUT2D eigenvalue weighted by atomic mass is 32.1. The van der Waals surface area contributed by atoms with Crippen LogP contribution in [0.25, 0.3) is 0 Å². The lowest BCUT2D eigenvalue weighted by Gasteiger charge is -2.28. The lowest BCUT2D eigenvalue weighted by molar-refractivity contribution is 0.186. The first-order valence-corrected chi connectivity index (χ1v) is 11.2. The van der Waals surface area contributed by atoms with Crippen LogP contribution in [0.2, 0.25) is 0 Å². The van der Waals surface area contributed by atoms with Gasteiger partial charge in [-0.25, -0.2) is 0 Å². The van der Waals surface area contributed by atoms with Gasteiger partial charge < -0.3 is 19.5 Å². The Morgan fingerprint density at radius 3 is 2.55 bits per heavy atom. The van der Waals surface area contributed by atoms with Gasteiger partial charge in [0.15, 0.2) is 5.11 Å². The zero-order valence-corrected chi connectivity index (χ0v) is 19.4. The first kappa shape index (κ1) is 21.5. The minimum absolute atomic E-state index is 0.0115. The summed E-state index contributed by atoms with van der Waals surface area (Å²) in [6.07, 6.45) is 2.86. The predicted molar refractivity (Wildman–Crippen MR) is 130 cm³/mol. The standard InChI is InChI=1S/C25H30N4OS/c1-5-19-9-11-20(12-10-19)29-24(21-16-17(2)28(18(21)3)14-15-30-4)23(27-25(29)31)22-8-6-7-13-26-22/h6-13,16,23-24H,5,14-15H2,1-4H3,(H,27,31)/t23-,24-/m1/s1. The Balaban J connectivity index is 1.82. The summed E-state index contributed by atoms with van der Waals surface area (Å²) >= 11 is 5.85. The summed E-state index contributed by atoms with van der Waals surface area (Å²) in [7, 11) is 1.74. The summed E-state index contributed by atoms with van der Waals surface area (Å²) in [6, 6.07) is 17.0. The molecule has 31 heavy (non-hydrogen) atoms. The summed E-state index contributed by atoms with van der Waals surface area (Å²) in [5.41, 5.74) is 7.13. The molecule has 0 saturated carbocycles. The van der Waals surface area contributed by atoms with E-state index < -0.39 is 0 Å². The van der Waals surface area contributed by atoms with E-state index in [9.17, 15) is 0 Å². The number of ether oxygens (including phenoxy) is 1. The average molecular weight is 435 g/mol. The Labute approximate surface area is 190 Å². The van der Waals surface area contributed by atoms with Crippen molar-refractivity contribution in [3.8, 4) is 0 Å². The topological polar surface area (TPSA) is 42.3 Å². The molecule has 162 valence electrons. The maximum absolute atomic E-state index is 5.85. The van der Waals surface area contributed by atoms with E-state index >= 15 is 0 Å². The van der Waals surface area contributed by atoms with Crippen LogP contribution in [0, 0.1) is 13.8 Å². The minimum Gasteiger partial charge on any atom is -0.383 e. The maximum Gasteiger partial charge on any atom is 0.174 e. The molecule has 1 aliphatic heterocycles. The number of thiocarbonyl (C=S) groups is 1. The number of hydrogen-bond donors (Lipinski definition) is 1. The number of aryl methyl sites for hydroxylation is 2. The molecule has 4 rings (SSSR count). The number of pyridine rings is 1. The molecular weight excluding hydrogens is 404 g/mol. The Morgan fingerprint density at radius 2 is 1.90 bits per heavy atom. The van der Waals surface area contributed by atoms with Gasteiger partial charge in [-0.15, -0.1) is 0 Å². The fourth-order valence-electron chi connectivity index (χ4n) is 4.50. The fourth-order valence-corrected chi connectivity index (χ4v) is 4.84. The monoisotopic (exact) mass is 434 g/mol. The molecular formula is C25H30N4OS. The molecule has 0 aliphatic carbocycles. The molecule has 2 aromatic heterocycles. The van der Waals surface area contributed by atoms with E-state index in [0.717, 1.165) is 29.5 Å². The molecule has 0 radical (unpaired) electrons. The Kier molecular flexibility index (Phi) is 6.39. The van der Waals surface area contributed by atoms with E-state index in [2.05, 4.69) is 76.9 Å². The molecule has 0 bridgehead atoms. The summed E-state index contributed by atoms with van der Waals surface area (Å²) in [6.45, 7) is 8.03. The van der Waals surface area contributed by atoms with Crippen LogP contribution >= 0.6 is 12.2 Å². The first-order chi connectivity index (χ1) is 15.0. The molecule has 1 saturated heterocycles. The molecule has 1 aliphatic rings. The van der Waals surface area contributed by atoms with Gasteiger partial charge in [0.1, 0.15) is 0 Å². The first-order valence-electron chi connectivity index (χ1n) is 10.8. The third-order valence-corrected chi connectivity index (χ3v) is 6.49. The van der Waals surface area contributed by atoms with Crippen molar-refractivity contribution in [1.29, 1.82) is 0 Å². The summed E-state index contributed by atoms with van der Waals surface area (Å²) < 4.78 is 7.66. The van der Waals surface area contributed by atoms with Crippen LogP contribution in [-0.4, -0.2) is 28.4 Å². The van der Waals surface area contributed by atoms with Crippen molar-refractivity contribution in [2.45, 2.75) is 45.8 Å². The highest BCUT2D eigenvalue weighted by molar-refractivity contribution is 7.80. The van der Waals surface area contributed by atoms with Gasteiger partial charge in [0.2, 0.25) is 0 Å². The lowest BCUT2D eigenvalue weighted by Crippen LogP contribution is -2.29. The van der Waals surface area contributed by atoms with Gasteiger partial charge in [-0.05, 0) is 73.9 Å². The van der Waals surface area contributed by atoms with Crippen molar-refractivity contribution >= 4 is 23.0 Å². The fraction of sp³-hybridized carbons (Fsp3) is 0.360. The van der Waals surface area contributed by atoms with Gasteiger partial charge >= 0.3 is 0 Å². The number of hydrogen-bond acceptors (Lipinski definition) is 3. The summed E-state index contributed by atoms with van der Waals surface area (Å²) in [5.74, 6) is 0. The predicted octanol–water partition coefficient (Wildman–Crippen LogP) is 4.89. The number of nitrogens with one attached hydrogen (secondary N) is 1. The van der Waals surface area contributed by atoms with E-state index in [4.69, 9.17) is 17.0 Å². The van der Waals surface area contributed by atoms with Crippen molar-refractivity contribution < 1.29 is 4.74 Å². The molecule has 5 nitrogen and oxygen atoms in total. The van der Waals surface area contributed by atoms with Crippen LogP contribution in [0.4, 0.5) is 5.69 Å². The highest BCUT2D eigenvalue weighted by Crippen LogP contribution is 2.43. The molecule has 0 amide bonds. The molecule has 1 aromatic carbocycles. The molecule has 0 unspecified atom stereocenters. The van der Waals surface area contributed by atoms with E-state index in [0.29, 0.717) is 6.61 Å². The van der Waals surface area contributed by atoms with Crippen LogP contribution in [0.1, 0.15) is 47.2 Å². The molecule has 1 N–H and O–H groups in total. The molecule has 3 aromatic rings. The third-order valence-electron chi connectivity index (χ3n) is 6.17. The summed E-state index contributed by atoms with van der Waals surface area (Å²) in [4.78, 5) is 6.91. The van der Waals surface area contributed by atoms with Crippen LogP contribution in [0.5, 0.6) is 0 Å². The van der Waals surface area contributed by atoms with Crippen molar-refractivity contribution in [3.05, 3.63) is 82.9 Å². The largest absolute Gasteiger partial charge is 0.383 e. The number of anilines is 1. The van der Waals surface area contributed by atoms with Gasteiger partial charge in [-0.3, -0.25) is 4.98 Å². The number of aromatic nitrogens is 2. The normalized spacial score (nSPS) is 18.5. The van der Waals surface area contributed by atoms with Crippen LogP contribution in [0.3, 0.4) is 0 Å². The average Bonchev–Trinajstić information content (AvgIpc) is 3.28. The number of nitrogens with zero attached hydrogens (tertiary/aromatic N) is 3. The Hall–Kier alpha value is -2.70. The van der Waals surface area contributed by atoms with Gasteiger partial charge in [0.05, 0.1) is 24.4 Å². The van der Waals surface area contributed by atoms with Gasteiger partial charge in [0, 0.05) is 36.9 Å². The Bertz CT molecular complexity index is 1050. The molecule has 1 fully saturated rings. The zero-order valence-electron chi connectivity index (χ0n) is 18.6. The quantitative estimate of drug-likeness (QED) is 0.537. The molecule has 2 atom stereocenters. The van der Waals surface area contributed by atoms with Crippen LogP contribution < -0.4 is 10.2 Å². The lowest BCUT2D eigenvalue weighted by atomic mass is 9.96. The SMILES string of the molecule is CCc1ccc(N2C(=S)N[C@H](c3ccccn3)[C@H]2c2cc(C)n(CCOC)c2C)cc1. The molecule has 3 heterocycles. The summed E-state index contributed by atoms with van der Waals surface area (Å²) in [5, 5.41) is 4.28. The van der Waals surface area contributed by atoms with E-state index in [1.54, 1.807) is 7.11 Å². The van der Waals surface area contributed by atoms with Crippen molar-refractivity contribution in [1.82, 2.24) is 14.9 Å². The second kappa shape index (κ2) is 9.20. The van der Waals surface area contributed by atoms with E-state index in [-0.39, 0.29) is 12.1 Å². The molecule has 0 spiro atoms. The minimum atomic E-state index is -0.0315. The van der Waals surface area contributed by atoms with E-state index in [1.165, 1.54) is 22.5 Å².